The first-order valence-electron chi connectivity index (χ1n) is 9.64. The second kappa shape index (κ2) is 12.0. The molecule has 1 aliphatic heterocycles. The molecule has 0 aliphatic carbocycles. The molecule has 1 N–H and O–H groups in total. The molecule has 0 radical (unpaired) electrons. The van der Waals surface area contributed by atoms with Crippen LogP contribution in [0, 0.1) is 11.7 Å². The first-order chi connectivity index (χ1) is 13.2. The van der Waals surface area contributed by atoms with Crippen molar-refractivity contribution in [3.05, 3.63) is 71.5 Å². The van der Waals surface area contributed by atoms with Gasteiger partial charge in [0.25, 0.3) is 0 Å². The van der Waals surface area contributed by atoms with E-state index in [1.165, 1.54) is 17.7 Å². The van der Waals surface area contributed by atoms with E-state index >= 15 is 0 Å². The second-order valence-electron chi connectivity index (χ2n) is 6.90. The van der Waals surface area contributed by atoms with Crippen LogP contribution < -0.4 is 5.32 Å². The number of nitrogens with one attached hydrogen (secondary N) is 1. The maximum Gasteiger partial charge on any atom is 0.194 e. The molecule has 4 nitrogen and oxygen atoms in total. The standard InChI is InChI=1S/C22H28FN3O.HI/c1-2-24-22(25-14-19-9-6-10-21(23)13-19)26-12-11-20(15-26)17-27-16-18-7-4-3-5-8-18;/h3-10,13,20H,2,11-12,14-17H2,1H3,(H,24,25);1H. The summed E-state index contributed by atoms with van der Waals surface area (Å²) >= 11 is 0. The van der Waals surface area contributed by atoms with Gasteiger partial charge >= 0.3 is 0 Å². The van der Waals surface area contributed by atoms with Crippen LogP contribution in [0.3, 0.4) is 0 Å². The van der Waals surface area contributed by atoms with Crippen LogP contribution in [-0.2, 0) is 17.9 Å². The number of hydrogen-bond donors (Lipinski definition) is 1. The van der Waals surface area contributed by atoms with Crippen molar-refractivity contribution in [3.63, 3.8) is 0 Å². The Balaban J connectivity index is 0.00000280. The number of guanidine groups is 1. The van der Waals surface area contributed by atoms with Crippen LogP contribution in [0.25, 0.3) is 0 Å². The van der Waals surface area contributed by atoms with Crippen molar-refractivity contribution in [2.75, 3.05) is 26.2 Å². The predicted octanol–water partition coefficient (Wildman–Crippen LogP) is 4.45. The summed E-state index contributed by atoms with van der Waals surface area (Å²) < 4.78 is 19.2. The Morgan fingerprint density at radius 2 is 1.96 bits per heavy atom. The number of benzene rings is 2. The number of hydrogen-bond acceptors (Lipinski definition) is 2. The lowest BCUT2D eigenvalue weighted by atomic mass is 10.1. The van der Waals surface area contributed by atoms with E-state index in [1.807, 2.05) is 24.3 Å². The molecule has 2 aromatic rings. The molecule has 1 unspecified atom stereocenters. The molecule has 6 heteroatoms. The number of rotatable bonds is 7. The van der Waals surface area contributed by atoms with E-state index in [2.05, 4.69) is 29.3 Å². The molecule has 152 valence electrons. The van der Waals surface area contributed by atoms with Gasteiger partial charge in [-0.25, -0.2) is 9.38 Å². The van der Waals surface area contributed by atoms with E-state index in [4.69, 9.17) is 9.73 Å². The number of aliphatic imine (C=N–C) groups is 1. The minimum Gasteiger partial charge on any atom is -0.376 e. The number of ether oxygens (including phenoxy) is 1. The predicted molar refractivity (Wildman–Crippen MR) is 122 cm³/mol. The molecule has 1 fully saturated rings. The smallest absolute Gasteiger partial charge is 0.194 e. The van der Waals surface area contributed by atoms with Crippen molar-refractivity contribution >= 4 is 29.9 Å². The molecule has 28 heavy (non-hydrogen) atoms. The van der Waals surface area contributed by atoms with Gasteiger partial charge in [-0.1, -0.05) is 42.5 Å². The zero-order valence-corrected chi connectivity index (χ0v) is 18.6. The van der Waals surface area contributed by atoms with E-state index in [0.717, 1.165) is 44.2 Å². The van der Waals surface area contributed by atoms with E-state index in [0.29, 0.717) is 19.1 Å². The Morgan fingerprint density at radius 3 is 2.71 bits per heavy atom. The van der Waals surface area contributed by atoms with Gasteiger partial charge in [0, 0.05) is 25.6 Å². The van der Waals surface area contributed by atoms with E-state index in [1.54, 1.807) is 6.07 Å². The van der Waals surface area contributed by atoms with Crippen molar-refractivity contribution in [3.8, 4) is 0 Å². The van der Waals surface area contributed by atoms with Gasteiger partial charge in [0.1, 0.15) is 5.82 Å². The third kappa shape index (κ3) is 7.05. The van der Waals surface area contributed by atoms with Gasteiger partial charge in [0.2, 0.25) is 0 Å². The van der Waals surface area contributed by atoms with Crippen LogP contribution in [0.4, 0.5) is 4.39 Å². The summed E-state index contributed by atoms with van der Waals surface area (Å²) in [5.74, 6) is 1.18. The maximum atomic E-state index is 13.3. The van der Waals surface area contributed by atoms with Gasteiger partial charge in [-0.05, 0) is 36.6 Å². The summed E-state index contributed by atoms with van der Waals surface area (Å²) in [6, 6.07) is 16.9. The summed E-state index contributed by atoms with van der Waals surface area (Å²) in [4.78, 5) is 6.97. The average Bonchev–Trinajstić information content (AvgIpc) is 3.15. The van der Waals surface area contributed by atoms with Crippen LogP contribution in [0.5, 0.6) is 0 Å². The Kier molecular flexibility index (Phi) is 9.70. The summed E-state index contributed by atoms with van der Waals surface area (Å²) in [6.07, 6.45) is 1.10. The number of likely N-dealkylation sites (tertiary alicyclic amines) is 1. The molecule has 1 saturated heterocycles. The molecule has 3 rings (SSSR count). The van der Waals surface area contributed by atoms with Crippen molar-refractivity contribution < 1.29 is 9.13 Å². The maximum absolute atomic E-state index is 13.3. The average molecular weight is 497 g/mol. The topological polar surface area (TPSA) is 36.9 Å². The first kappa shape index (κ1) is 22.6. The minimum atomic E-state index is -0.218. The van der Waals surface area contributed by atoms with E-state index < -0.39 is 0 Å². The quantitative estimate of drug-likeness (QED) is 0.349. The molecule has 0 aromatic heterocycles. The summed E-state index contributed by atoms with van der Waals surface area (Å²) in [7, 11) is 0. The van der Waals surface area contributed by atoms with Crippen LogP contribution in [-0.4, -0.2) is 37.1 Å². The highest BCUT2D eigenvalue weighted by Crippen LogP contribution is 2.18. The highest BCUT2D eigenvalue weighted by molar-refractivity contribution is 14.0. The monoisotopic (exact) mass is 497 g/mol. The van der Waals surface area contributed by atoms with Crippen LogP contribution in [0.1, 0.15) is 24.5 Å². The highest BCUT2D eigenvalue weighted by Gasteiger charge is 2.25. The summed E-state index contributed by atoms with van der Waals surface area (Å²) in [6.45, 7) is 6.67. The Bertz CT molecular complexity index is 742. The number of nitrogens with zero attached hydrogens (tertiary/aromatic N) is 2. The van der Waals surface area contributed by atoms with Gasteiger partial charge in [-0.3, -0.25) is 0 Å². The highest BCUT2D eigenvalue weighted by atomic mass is 127. The Hall–Kier alpha value is -1.67. The molecular formula is C22H29FIN3O. The minimum absolute atomic E-state index is 0. The zero-order chi connectivity index (χ0) is 18.9. The van der Waals surface area contributed by atoms with Crippen LogP contribution in [0.15, 0.2) is 59.6 Å². The lowest BCUT2D eigenvalue weighted by Gasteiger charge is -2.21. The van der Waals surface area contributed by atoms with Gasteiger partial charge in [-0.15, -0.1) is 24.0 Å². The first-order valence-corrected chi connectivity index (χ1v) is 9.64. The molecule has 0 saturated carbocycles. The van der Waals surface area contributed by atoms with Crippen LogP contribution in [0.2, 0.25) is 0 Å². The molecule has 1 heterocycles. The number of halogens is 2. The zero-order valence-electron chi connectivity index (χ0n) is 16.3. The largest absolute Gasteiger partial charge is 0.376 e. The fraction of sp³-hybridized carbons (Fsp3) is 0.409. The van der Waals surface area contributed by atoms with Gasteiger partial charge in [0.15, 0.2) is 5.96 Å². The SMILES string of the molecule is CCNC(=NCc1cccc(F)c1)N1CCC(COCc2ccccc2)C1.I. The molecule has 2 aromatic carbocycles. The molecule has 1 aliphatic rings. The van der Waals surface area contributed by atoms with Crippen molar-refractivity contribution in [2.24, 2.45) is 10.9 Å². The third-order valence-electron chi connectivity index (χ3n) is 4.69. The summed E-state index contributed by atoms with van der Waals surface area (Å²) in [5.41, 5.74) is 2.09. The Labute approximate surface area is 184 Å². The third-order valence-corrected chi connectivity index (χ3v) is 4.69. The second-order valence-corrected chi connectivity index (χ2v) is 6.90. The molecule has 1 atom stereocenters. The van der Waals surface area contributed by atoms with E-state index in [-0.39, 0.29) is 29.8 Å². The molecule has 0 amide bonds. The molecule has 0 bridgehead atoms. The van der Waals surface area contributed by atoms with Crippen molar-refractivity contribution in [1.82, 2.24) is 10.2 Å². The summed E-state index contributed by atoms with van der Waals surface area (Å²) in [5, 5.41) is 3.35. The molecular weight excluding hydrogens is 468 g/mol. The lowest BCUT2D eigenvalue weighted by Crippen LogP contribution is -2.40. The normalized spacial score (nSPS) is 16.7. The van der Waals surface area contributed by atoms with Gasteiger partial charge < -0.3 is 15.0 Å². The van der Waals surface area contributed by atoms with Gasteiger partial charge in [-0.2, -0.15) is 0 Å². The molecule has 0 spiro atoms. The van der Waals surface area contributed by atoms with E-state index in [9.17, 15) is 4.39 Å². The van der Waals surface area contributed by atoms with Crippen molar-refractivity contribution in [1.29, 1.82) is 0 Å². The fourth-order valence-corrected chi connectivity index (χ4v) is 3.31. The lowest BCUT2D eigenvalue weighted by molar-refractivity contribution is 0.0906. The van der Waals surface area contributed by atoms with Gasteiger partial charge in [0.05, 0.1) is 19.8 Å². The van der Waals surface area contributed by atoms with Crippen LogP contribution >= 0.6 is 24.0 Å². The fourth-order valence-electron chi connectivity index (χ4n) is 3.31. The van der Waals surface area contributed by atoms with Crippen molar-refractivity contribution in [2.45, 2.75) is 26.5 Å². The Morgan fingerprint density at radius 1 is 1.18 bits per heavy atom.